The molecular formula is C22H27FIN5O. The summed E-state index contributed by atoms with van der Waals surface area (Å²) in [6.45, 7) is 1.38. The predicted octanol–water partition coefficient (Wildman–Crippen LogP) is 3.89. The highest BCUT2D eigenvalue weighted by atomic mass is 127. The van der Waals surface area contributed by atoms with Crippen molar-refractivity contribution in [3.05, 3.63) is 77.9 Å². The third-order valence-electron chi connectivity index (χ3n) is 4.57. The van der Waals surface area contributed by atoms with Crippen LogP contribution in [0.5, 0.6) is 5.75 Å². The second-order valence-corrected chi connectivity index (χ2v) is 6.62. The fraction of sp³-hybridized carbons (Fsp3) is 0.273. The van der Waals surface area contributed by atoms with Crippen LogP contribution in [0.15, 0.2) is 65.8 Å². The van der Waals surface area contributed by atoms with E-state index in [9.17, 15) is 4.39 Å². The van der Waals surface area contributed by atoms with Gasteiger partial charge in [0.1, 0.15) is 11.6 Å². The van der Waals surface area contributed by atoms with Crippen molar-refractivity contribution in [3.63, 3.8) is 0 Å². The number of methoxy groups -OCH3 is 1. The van der Waals surface area contributed by atoms with Crippen molar-refractivity contribution in [2.24, 2.45) is 4.99 Å². The van der Waals surface area contributed by atoms with E-state index in [1.54, 1.807) is 31.0 Å². The molecule has 1 aromatic heterocycles. The van der Waals surface area contributed by atoms with E-state index in [-0.39, 0.29) is 29.8 Å². The number of rotatable bonds is 7. The number of hydrogen-bond acceptors (Lipinski definition) is 3. The summed E-state index contributed by atoms with van der Waals surface area (Å²) < 4.78 is 20.2. The Kier molecular flexibility index (Phi) is 9.10. The number of aliphatic imine (C=N–C) groups is 1. The van der Waals surface area contributed by atoms with Gasteiger partial charge in [-0.2, -0.15) is 5.10 Å². The molecule has 0 aliphatic rings. The number of nitrogens with zero attached hydrogens (tertiary/aromatic N) is 4. The first kappa shape index (κ1) is 23.7. The maximum absolute atomic E-state index is 13.1. The van der Waals surface area contributed by atoms with Crippen LogP contribution in [0.4, 0.5) is 4.39 Å². The normalized spacial score (nSPS) is 11.0. The molecule has 0 saturated heterocycles. The molecule has 0 bridgehead atoms. The van der Waals surface area contributed by atoms with Crippen LogP contribution in [-0.4, -0.2) is 48.4 Å². The highest BCUT2D eigenvalue weighted by Gasteiger charge is 2.10. The molecule has 1 heterocycles. The molecule has 0 atom stereocenters. The van der Waals surface area contributed by atoms with Crippen LogP contribution < -0.4 is 10.1 Å². The Morgan fingerprint density at radius 3 is 2.60 bits per heavy atom. The molecule has 2 aromatic carbocycles. The number of halogens is 2. The van der Waals surface area contributed by atoms with E-state index >= 15 is 0 Å². The predicted molar refractivity (Wildman–Crippen MR) is 128 cm³/mol. The Bertz CT molecular complexity index is 958. The van der Waals surface area contributed by atoms with Gasteiger partial charge in [-0.05, 0) is 36.4 Å². The summed E-state index contributed by atoms with van der Waals surface area (Å²) in [6.07, 6.45) is 2.63. The fourth-order valence-corrected chi connectivity index (χ4v) is 3.08. The lowest BCUT2D eigenvalue weighted by Crippen LogP contribution is -2.39. The fourth-order valence-electron chi connectivity index (χ4n) is 3.08. The lowest BCUT2D eigenvalue weighted by Gasteiger charge is -2.23. The molecular weight excluding hydrogens is 496 g/mol. The van der Waals surface area contributed by atoms with Gasteiger partial charge in [-0.3, -0.25) is 4.99 Å². The van der Waals surface area contributed by atoms with Gasteiger partial charge < -0.3 is 15.0 Å². The molecule has 0 saturated carbocycles. The molecule has 0 aliphatic carbocycles. The summed E-state index contributed by atoms with van der Waals surface area (Å²) in [7, 11) is 5.44. The first-order chi connectivity index (χ1) is 14.1. The number of hydrogen-bond donors (Lipinski definition) is 1. The van der Waals surface area contributed by atoms with E-state index in [1.165, 1.54) is 12.1 Å². The molecule has 8 heteroatoms. The van der Waals surface area contributed by atoms with Gasteiger partial charge in [0.2, 0.25) is 0 Å². The van der Waals surface area contributed by atoms with Crippen LogP contribution in [0, 0.1) is 5.82 Å². The summed E-state index contributed by atoms with van der Waals surface area (Å²) >= 11 is 0. The van der Waals surface area contributed by atoms with E-state index in [0.29, 0.717) is 13.1 Å². The van der Waals surface area contributed by atoms with Crippen molar-refractivity contribution in [2.75, 3.05) is 27.7 Å². The lowest BCUT2D eigenvalue weighted by molar-refractivity contribution is 0.396. The minimum Gasteiger partial charge on any atom is -0.496 e. The van der Waals surface area contributed by atoms with E-state index in [1.807, 2.05) is 43.6 Å². The SMILES string of the molecule is CN=C(NCCc1ccn(-c2ccc(F)cc2)n1)N(C)Cc1ccccc1OC.I. The first-order valence-electron chi connectivity index (χ1n) is 9.45. The molecule has 0 fully saturated rings. The van der Waals surface area contributed by atoms with Gasteiger partial charge >= 0.3 is 0 Å². The summed E-state index contributed by atoms with van der Waals surface area (Å²) in [5, 5.41) is 7.92. The second-order valence-electron chi connectivity index (χ2n) is 6.62. The van der Waals surface area contributed by atoms with Crippen LogP contribution in [0.25, 0.3) is 5.69 Å². The summed E-state index contributed by atoms with van der Waals surface area (Å²) in [5.41, 5.74) is 2.88. The van der Waals surface area contributed by atoms with Crippen molar-refractivity contribution in [1.82, 2.24) is 20.0 Å². The minimum atomic E-state index is -0.256. The van der Waals surface area contributed by atoms with Gasteiger partial charge in [-0.1, -0.05) is 18.2 Å². The Labute approximate surface area is 193 Å². The van der Waals surface area contributed by atoms with Crippen molar-refractivity contribution >= 4 is 29.9 Å². The van der Waals surface area contributed by atoms with Crippen molar-refractivity contribution in [1.29, 1.82) is 0 Å². The zero-order chi connectivity index (χ0) is 20.6. The summed E-state index contributed by atoms with van der Waals surface area (Å²) in [6, 6.07) is 16.2. The summed E-state index contributed by atoms with van der Waals surface area (Å²) in [5.74, 6) is 1.41. The van der Waals surface area contributed by atoms with Crippen molar-refractivity contribution in [2.45, 2.75) is 13.0 Å². The van der Waals surface area contributed by atoms with Gasteiger partial charge in [0.05, 0.1) is 18.5 Å². The Morgan fingerprint density at radius 2 is 1.90 bits per heavy atom. The molecule has 30 heavy (non-hydrogen) atoms. The molecule has 0 unspecified atom stereocenters. The van der Waals surface area contributed by atoms with Crippen LogP contribution in [0.3, 0.4) is 0 Å². The largest absolute Gasteiger partial charge is 0.496 e. The number of guanidine groups is 1. The first-order valence-corrected chi connectivity index (χ1v) is 9.45. The number of para-hydroxylation sites is 1. The number of ether oxygens (including phenoxy) is 1. The van der Waals surface area contributed by atoms with Crippen molar-refractivity contribution in [3.8, 4) is 11.4 Å². The molecule has 0 radical (unpaired) electrons. The molecule has 160 valence electrons. The molecule has 0 aliphatic heterocycles. The van der Waals surface area contributed by atoms with E-state index in [2.05, 4.69) is 20.3 Å². The second kappa shape index (κ2) is 11.5. The van der Waals surface area contributed by atoms with E-state index in [4.69, 9.17) is 4.74 Å². The average molecular weight is 523 g/mol. The third-order valence-corrected chi connectivity index (χ3v) is 4.57. The van der Waals surface area contributed by atoms with Crippen LogP contribution >= 0.6 is 24.0 Å². The highest BCUT2D eigenvalue weighted by molar-refractivity contribution is 14.0. The Hall–Kier alpha value is -2.62. The van der Waals surface area contributed by atoms with Gasteiger partial charge in [0.25, 0.3) is 0 Å². The van der Waals surface area contributed by atoms with Crippen molar-refractivity contribution < 1.29 is 9.13 Å². The number of aromatic nitrogens is 2. The molecule has 0 amide bonds. The smallest absolute Gasteiger partial charge is 0.193 e. The van der Waals surface area contributed by atoms with Gasteiger partial charge in [-0.25, -0.2) is 9.07 Å². The molecule has 6 nitrogen and oxygen atoms in total. The molecule has 3 rings (SSSR count). The number of benzene rings is 2. The monoisotopic (exact) mass is 523 g/mol. The maximum Gasteiger partial charge on any atom is 0.193 e. The number of nitrogens with one attached hydrogen (secondary N) is 1. The minimum absolute atomic E-state index is 0. The van der Waals surface area contributed by atoms with Gasteiger partial charge in [0.15, 0.2) is 5.96 Å². The zero-order valence-electron chi connectivity index (χ0n) is 17.4. The maximum atomic E-state index is 13.1. The van der Waals surface area contributed by atoms with Gasteiger partial charge in [0, 0.05) is 45.4 Å². The average Bonchev–Trinajstić information content (AvgIpc) is 3.21. The van der Waals surface area contributed by atoms with E-state index < -0.39 is 0 Å². The quantitative estimate of drug-likeness (QED) is 0.290. The van der Waals surface area contributed by atoms with E-state index in [0.717, 1.165) is 35.1 Å². The van der Waals surface area contributed by atoms with Crippen LogP contribution in [-0.2, 0) is 13.0 Å². The molecule has 3 aromatic rings. The standard InChI is InChI=1S/C22H26FN5O.HI/c1-24-22(27(2)16-17-6-4-5-7-21(17)29-3)25-14-12-19-13-15-28(26-19)20-10-8-18(23)9-11-20;/h4-11,13,15H,12,14,16H2,1-3H3,(H,24,25);1H. The zero-order valence-corrected chi connectivity index (χ0v) is 19.7. The lowest BCUT2D eigenvalue weighted by atomic mass is 10.2. The van der Waals surface area contributed by atoms with Crippen LogP contribution in [0.2, 0.25) is 0 Å². The topological polar surface area (TPSA) is 54.7 Å². The molecule has 1 N–H and O–H groups in total. The summed E-state index contributed by atoms with van der Waals surface area (Å²) in [4.78, 5) is 6.41. The molecule has 0 spiro atoms. The highest BCUT2D eigenvalue weighted by Crippen LogP contribution is 2.18. The van der Waals surface area contributed by atoms with Gasteiger partial charge in [-0.15, -0.1) is 24.0 Å². The Balaban J connectivity index is 0.00000320. The third kappa shape index (κ3) is 6.19. The van der Waals surface area contributed by atoms with Crippen LogP contribution in [0.1, 0.15) is 11.3 Å². The Morgan fingerprint density at radius 1 is 1.17 bits per heavy atom.